The Bertz CT molecular complexity index is 254. The van der Waals surface area contributed by atoms with Crippen molar-refractivity contribution in [2.75, 3.05) is 0 Å². The van der Waals surface area contributed by atoms with E-state index in [1.54, 1.807) is 0 Å². The molecule has 1 aromatic carbocycles. The molecule has 1 aromatic rings. The number of thiocarbonyl (C=S) groups is 1. The van der Waals surface area contributed by atoms with Gasteiger partial charge >= 0.3 is 0 Å². The summed E-state index contributed by atoms with van der Waals surface area (Å²) >= 11 is 5.17. The normalized spacial score (nSPS) is 9.92. The molecule has 0 aromatic heterocycles. The molecule has 0 atom stereocenters. The van der Waals surface area contributed by atoms with Gasteiger partial charge in [-0.2, -0.15) is 0 Å². The molecule has 0 amide bonds. The van der Waals surface area contributed by atoms with Crippen molar-refractivity contribution in [3.63, 3.8) is 0 Å². The molecule has 0 aliphatic heterocycles. The standard InChI is InChI=1S/C10H12NS/c1-8(2)11-10(12)9-6-4-3-5-7-9/h3-4,6-8H,1-2H3,(H,11,12). The molecule has 1 radical (unpaired) electrons. The minimum atomic E-state index is 0.387. The molecule has 0 unspecified atom stereocenters. The number of rotatable bonds is 2. The fourth-order valence-corrected chi connectivity index (χ4v) is 1.24. The number of hydrogen-bond donors (Lipinski definition) is 1. The monoisotopic (exact) mass is 178 g/mol. The smallest absolute Gasteiger partial charge is 0.106 e. The van der Waals surface area contributed by atoms with Gasteiger partial charge in [-0.1, -0.05) is 30.4 Å². The summed E-state index contributed by atoms with van der Waals surface area (Å²) in [6, 6.07) is 11.0. The van der Waals surface area contributed by atoms with E-state index >= 15 is 0 Å². The molecule has 0 spiro atoms. The third-order valence-corrected chi connectivity index (χ3v) is 1.74. The molecule has 12 heavy (non-hydrogen) atoms. The Morgan fingerprint density at radius 2 is 2.33 bits per heavy atom. The van der Waals surface area contributed by atoms with E-state index in [4.69, 9.17) is 12.2 Å². The van der Waals surface area contributed by atoms with Crippen molar-refractivity contribution in [1.82, 2.24) is 5.32 Å². The van der Waals surface area contributed by atoms with E-state index in [9.17, 15) is 0 Å². The van der Waals surface area contributed by atoms with Crippen molar-refractivity contribution < 1.29 is 0 Å². The van der Waals surface area contributed by atoms with E-state index in [0.717, 1.165) is 10.6 Å². The van der Waals surface area contributed by atoms with Crippen LogP contribution in [0.25, 0.3) is 0 Å². The molecule has 1 rings (SSSR count). The van der Waals surface area contributed by atoms with Crippen LogP contribution in [0.4, 0.5) is 0 Å². The van der Waals surface area contributed by atoms with E-state index in [0.29, 0.717) is 6.04 Å². The lowest BCUT2D eigenvalue weighted by molar-refractivity contribution is 0.740. The van der Waals surface area contributed by atoms with Crippen LogP contribution < -0.4 is 5.32 Å². The summed E-state index contributed by atoms with van der Waals surface area (Å²) in [4.78, 5) is 0.793. The van der Waals surface area contributed by atoms with Crippen molar-refractivity contribution in [2.45, 2.75) is 19.9 Å². The lowest BCUT2D eigenvalue weighted by Gasteiger charge is -2.10. The van der Waals surface area contributed by atoms with Gasteiger partial charge in [0.2, 0.25) is 0 Å². The molecule has 1 N–H and O–H groups in total. The van der Waals surface area contributed by atoms with Crippen LogP contribution in [0.5, 0.6) is 0 Å². The predicted octanol–water partition coefficient (Wildman–Crippen LogP) is 2.16. The molecule has 0 saturated heterocycles. The lowest BCUT2D eigenvalue weighted by atomic mass is 10.2. The van der Waals surface area contributed by atoms with E-state index in [2.05, 4.69) is 25.2 Å². The van der Waals surface area contributed by atoms with Gasteiger partial charge in [0.15, 0.2) is 0 Å². The zero-order valence-corrected chi connectivity index (χ0v) is 8.11. The van der Waals surface area contributed by atoms with Crippen LogP contribution in [0, 0.1) is 6.07 Å². The van der Waals surface area contributed by atoms with E-state index < -0.39 is 0 Å². The van der Waals surface area contributed by atoms with Crippen LogP contribution in [-0.4, -0.2) is 11.0 Å². The zero-order chi connectivity index (χ0) is 8.97. The van der Waals surface area contributed by atoms with Crippen LogP contribution in [0.2, 0.25) is 0 Å². The van der Waals surface area contributed by atoms with Crippen molar-refractivity contribution in [1.29, 1.82) is 0 Å². The summed E-state index contributed by atoms with van der Waals surface area (Å²) in [6.45, 7) is 4.14. The van der Waals surface area contributed by atoms with Crippen LogP contribution in [-0.2, 0) is 0 Å². The third kappa shape index (κ3) is 2.62. The van der Waals surface area contributed by atoms with Crippen LogP contribution >= 0.6 is 12.2 Å². The summed E-state index contributed by atoms with van der Waals surface area (Å²) in [7, 11) is 0. The topological polar surface area (TPSA) is 12.0 Å². The average molecular weight is 178 g/mol. The van der Waals surface area contributed by atoms with Crippen molar-refractivity contribution >= 4 is 17.2 Å². The van der Waals surface area contributed by atoms with Gasteiger partial charge in [0, 0.05) is 11.6 Å². The van der Waals surface area contributed by atoms with Gasteiger partial charge in [0.05, 0.1) is 0 Å². The molecule has 0 fully saturated rings. The second-order valence-corrected chi connectivity index (χ2v) is 3.33. The SMILES string of the molecule is CC(C)NC(=S)c1c[c]ccc1. The van der Waals surface area contributed by atoms with Gasteiger partial charge in [-0.3, -0.25) is 0 Å². The average Bonchev–Trinajstić information content (AvgIpc) is 2.05. The van der Waals surface area contributed by atoms with Crippen LogP contribution in [0.15, 0.2) is 24.3 Å². The maximum Gasteiger partial charge on any atom is 0.106 e. The Morgan fingerprint density at radius 1 is 1.58 bits per heavy atom. The second kappa shape index (κ2) is 4.21. The summed E-state index contributed by atoms with van der Waals surface area (Å²) in [5.41, 5.74) is 1.03. The summed E-state index contributed by atoms with van der Waals surface area (Å²) < 4.78 is 0. The molecule has 63 valence electrons. The first kappa shape index (κ1) is 9.20. The minimum absolute atomic E-state index is 0.387. The van der Waals surface area contributed by atoms with Gasteiger partial charge in [-0.25, -0.2) is 0 Å². The second-order valence-electron chi connectivity index (χ2n) is 2.92. The Balaban J connectivity index is 2.66. The lowest BCUT2D eigenvalue weighted by Crippen LogP contribution is -2.29. The number of nitrogens with one attached hydrogen (secondary N) is 1. The first-order valence-corrected chi connectivity index (χ1v) is 4.38. The van der Waals surface area contributed by atoms with Gasteiger partial charge in [-0.15, -0.1) is 0 Å². The predicted molar refractivity (Wildman–Crippen MR) is 55.2 cm³/mol. The first-order chi connectivity index (χ1) is 5.70. The van der Waals surface area contributed by atoms with Crippen LogP contribution in [0.1, 0.15) is 19.4 Å². The van der Waals surface area contributed by atoms with E-state index in [-0.39, 0.29) is 0 Å². The molecular formula is C10H12NS. The number of benzene rings is 1. The largest absolute Gasteiger partial charge is 0.374 e. The quantitative estimate of drug-likeness (QED) is 0.696. The summed E-state index contributed by atoms with van der Waals surface area (Å²) in [6.07, 6.45) is 0. The highest BCUT2D eigenvalue weighted by Crippen LogP contribution is 1.99. The van der Waals surface area contributed by atoms with Crippen molar-refractivity contribution in [2.24, 2.45) is 0 Å². The van der Waals surface area contributed by atoms with Crippen molar-refractivity contribution in [3.8, 4) is 0 Å². The molecule has 2 heteroatoms. The molecule has 1 nitrogen and oxygen atoms in total. The molecule has 0 aliphatic rings. The van der Waals surface area contributed by atoms with Gasteiger partial charge in [-0.05, 0) is 26.0 Å². The third-order valence-electron chi connectivity index (χ3n) is 1.39. The molecule has 0 heterocycles. The molecule has 0 aliphatic carbocycles. The Kier molecular flexibility index (Phi) is 3.23. The first-order valence-electron chi connectivity index (χ1n) is 3.97. The minimum Gasteiger partial charge on any atom is -0.374 e. The Labute approximate surface area is 78.8 Å². The highest BCUT2D eigenvalue weighted by atomic mass is 32.1. The highest BCUT2D eigenvalue weighted by molar-refractivity contribution is 7.80. The van der Waals surface area contributed by atoms with E-state index in [1.165, 1.54) is 0 Å². The van der Waals surface area contributed by atoms with Gasteiger partial charge in [0.25, 0.3) is 0 Å². The van der Waals surface area contributed by atoms with Crippen LogP contribution in [0.3, 0.4) is 0 Å². The summed E-state index contributed by atoms with van der Waals surface area (Å²) in [5.74, 6) is 0. The van der Waals surface area contributed by atoms with Gasteiger partial charge < -0.3 is 5.32 Å². The van der Waals surface area contributed by atoms with Gasteiger partial charge in [0.1, 0.15) is 4.99 Å². The number of hydrogen-bond acceptors (Lipinski definition) is 1. The Hall–Kier alpha value is -0.890. The Morgan fingerprint density at radius 3 is 2.83 bits per heavy atom. The fraction of sp³-hybridized carbons (Fsp3) is 0.300. The van der Waals surface area contributed by atoms with E-state index in [1.807, 2.05) is 24.3 Å². The summed E-state index contributed by atoms with van der Waals surface area (Å²) in [5, 5.41) is 3.17. The molecular weight excluding hydrogens is 166 g/mol. The van der Waals surface area contributed by atoms with Crippen molar-refractivity contribution in [3.05, 3.63) is 35.9 Å². The molecule has 0 saturated carbocycles. The zero-order valence-electron chi connectivity index (χ0n) is 7.29. The maximum absolute atomic E-state index is 5.17. The fourth-order valence-electron chi connectivity index (χ4n) is 0.880. The maximum atomic E-state index is 5.17. The highest BCUT2D eigenvalue weighted by Gasteiger charge is 1.99. The molecule has 0 bridgehead atoms.